The minimum atomic E-state index is -0.563. The number of nitrogens with zero attached hydrogens (tertiary/aromatic N) is 2. The summed E-state index contributed by atoms with van der Waals surface area (Å²) in [5, 5.41) is 3.24. The zero-order valence-electron chi connectivity index (χ0n) is 22.3. The molecule has 4 rings (SSSR count). The summed E-state index contributed by atoms with van der Waals surface area (Å²) in [5.41, 5.74) is 6.48. The van der Waals surface area contributed by atoms with E-state index >= 15 is 0 Å². The van der Waals surface area contributed by atoms with Gasteiger partial charge in [-0.05, 0) is 87.8 Å². The lowest BCUT2D eigenvalue weighted by molar-refractivity contribution is -0.128. The third-order valence-corrected chi connectivity index (χ3v) is 8.60. The molecule has 0 spiro atoms. The Hall–Kier alpha value is -2.29. The number of thiophene rings is 1. The Kier molecular flexibility index (Phi) is 9.37. The fourth-order valence-electron chi connectivity index (χ4n) is 5.67. The van der Waals surface area contributed by atoms with Crippen molar-refractivity contribution in [3.05, 3.63) is 57.5 Å². The van der Waals surface area contributed by atoms with Crippen molar-refractivity contribution in [2.24, 2.45) is 11.7 Å². The van der Waals surface area contributed by atoms with E-state index in [-0.39, 0.29) is 35.8 Å². The Balaban J connectivity index is 1.54. The van der Waals surface area contributed by atoms with Crippen LogP contribution in [-0.2, 0) is 11.3 Å². The van der Waals surface area contributed by atoms with Gasteiger partial charge in [0.1, 0.15) is 11.9 Å². The van der Waals surface area contributed by atoms with Crippen LogP contribution < -0.4 is 11.1 Å². The first-order valence-corrected chi connectivity index (χ1v) is 14.4. The second-order valence-electron chi connectivity index (χ2n) is 11.2. The van der Waals surface area contributed by atoms with E-state index in [9.17, 15) is 14.0 Å². The lowest BCUT2D eigenvalue weighted by Crippen LogP contribution is -2.58. The van der Waals surface area contributed by atoms with E-state index < -0.39 is 6.04 Å². The number of amides is 2. The molecule has 1 aromatic heterocycles. The third kappa shape index (κ3) is 7.39. The molecule has 6 nitrogen and oxygen atoms in total. The van der Waals surface area contributed by atoms with Crippen LogP contribution in [0.15, 0.2) is 36.4 Å². The molecule has 202 valence electrons. The number of aryl methyl sites for hydroxylation is 1. The molecule has 2 amide bonds. The average molecular weight is 529 g/mol. The van der Waals surface area contributed by atoms with Gasteiger partial charge in [0.2, 0.25) is 5.91 Å². The van der Waals surface area contributed by atoms with Crippen LogP contribution in [0, 0.1) is 18.7 Å². The van der Waals surface area contributed by atoms with Crippen molar-refractivity contribution >= 4 is 23.2 Å². The Morgan fingerprint density at radius 3 is 2.43 bits per heavy atom. The number of hydrogen-bond acceptors (Lipinski definition) is 5. The lowest BCUT2D eigenvalue weighted by Gasteiger charge is -2.43. The van der Waals surface area contributed by atoms with E-state index in [1.165, 1.54) is 34.0 Å². The summed E-state index contributed by atoms with van der Waals surface area (Å²) in [6.07, 6.45) is 4.92. The van der Waals surface area contributed by atoms with Crippen molar-refractivity contribution in [2.75, 3.05) is 13.1 Å². The smallest absolute Gasteiger partial charge is 0.254 e. The molecule has 1 saturated carbocycles. The van der Waals surface area contributed by atoms with Gasteiger partial charge in [-0.3, -0.25) is 14.5 Å². The number of hydrogen-bond donors (Lipinski definition) is 2. The zero-order chi connectivity index (χ0) is 26.5. The molecule has 2 aromatic rings. The highest BCUT2D eigenvalue weighted by Crippen LogP contribution is 2.28. The predicted octanol–water partition coefficient (Wildman–Crippen LogP) is 4.71. The zero-order valence-corrected chi connectivity index (χ0v) is 23.1. The highest BCUT2D eigenvalue weighted by Gasteiger charge is 2.39. The van der Waals surface area contributed by atoms with E-state index in [0.717, 1.165) is 45.2 Å². The SMILES string of the molecule is Cc1ccc(CN(CC(C)C)C2CCN(C(=O)c3ccc(F)cc3)[C@@H](C(=O)NC3CCC(N)CC3)C2)s1. The fraction of sp³-hybridized carbons (Fsp3) is 0.586. The topological polar surface area (TPSA) is 78.7 Å². The molecule has 1 aromatic carbocycles. The summed E-state index contributed by atoms with van der Waals surface area (Å²) in [4.78, 5) is 34.0. The number of rotatable bonds is 8. The number of carbonyl (C=O) groups is 2. The van der Waals surface area contributed by atoms with E-state index in [0.29, 0.717) is 24.4 Å². The molecule has 2 heterocycles. The van der Waals surface area contributed by atoms with Gasteiger partial charge in [-0.25, -0.2) is 4.39 Å². The molecule has 1 aliphatic heterocycles. The molecule has 1 aliphatic carbocycles. The molecule has 0 bridgehead atoms. The number of likely N-dealkylation sites (tertiary alicyclic amines) is 1. The van der Waals surface area contributed by atoms with Crippen LogP contribution in [0.1, 0.15) is 72.5 Å². The maximum atomic E-state index is 13.7. The third-order valence-electron chi connectivity index (χ3n) is 7.62. The summed E-state index contributed by atoms with van der Waals surface area (Å²) in [7, 11) is 0. The standard InChI is InChI=1S/C29H41FN4O2S/c1-19(2)17-33(18-26-13-4-20(3)37-26)25-14-15-34(29(36)21-5-7-22(30)8-6-21)27(16-25)28(35)32-24-11-9-23(31)10-12-24/h4-8,13,19,23-25,27H,9-12,14-18,31H2,1-3H3,(H,32,35)/t23?,24?,25?,27-/m1/s1. The summed E-state index contributed by atoms with van der Waals surface area (Å²) in [5.74, 6) is -0.197. The molecule has 2 aliphatic rings. The molecule has 0 radical (unpaired) electrons. The Labute approximate surface area is 224 Å². The quantitative estimate of drug-likeness (QED) is 0.520. The van der Waals surface area contributed by atoms with Crippen molar-refractivity contribution in [2.45, 2.75) is 90.0 Å². The maximum absolute atomic E-state index is 13.7. The van der Waals surface area contributed by atoms with Gasteiger partial charge in [0, 0.05) is 53.1 Å². The van der Waals surface area contributed by atoms with Gasteiger partial charge in [0.25, 0.3) is 5.91 Å². The molecule has 3 N–H and O–H groups in total. The van der Waals surface area contributed by atoms with Crippen molar-refractivity contribution in [1.82, 2.24) is 15.1 Å². The van der Waals surface area contributed by atoms with Crippen LogP contribution in [0.25, 0.3) is 0 Å². The van der Waals surface area contributed by atoms with E-state index in [4.69, 9.17) is 5.73 Å². The van der Waals surface area contributed by atoms with Gasteiger partial charge in [-0.15, -0.1) is 11.3 Å². The molecular weight excluding hydrogens is 487 g/mol. The molecule has 1 saturated heterocycles. The van der Waals surface area contributed by atoms with Crippen LogP contribution >= 0.6 is 11.3 Å². The number of halogens is 1. The van der Waals surface area contributed by atoms with Gasteiger partial charge < -0.3 is 16.0 Å². The van der Waals surface area contributed by atoms with Gasteiger partial charge >= 0.3 is 0 Å². The first kappa shape index (κ1) is 27.7. The van der Waals surface area contributed by atoms with Crippen molar-refractivity contribution < 1.29 is 14.0 Å². The van der Waals surface area contributed by atoms with Crippen LogP contribution in [0.5, 0.6) is 0 Å². The first-order valence-electron chi connectivity index (χ1n) is 13.6. The number of carbonyl (C=O) groups excluding carboxylic acids is 2. The van der Waals surface area contributed by atoms with E-state index in [1.54, 1.807) is 4.90 Å². The van der Waals surface area contributed by atoms with Crippen LogP contribution in [0.4, 0.5) is 4.39 Å². The summed E-state index contributed by atoms with van der Waals surface area (Å²) >= 11 is 1.82. The monoisotopic (exact) mass is 528 g/mol. The lowest BCUT2D eigenvalue weighted by atomic mass is 9.90. The molecular formula is C29H41FN4O2S. The largest absolute Gasteiger partial charge is 0.352 e. The summed E-state index contributed by atoms with van der Waals surface area (Å²) < 4.78 is 13.5. The second-order valence-corrected chi connectivity index (χ2v) is 12.5. The summed E-state index contributed by atoms with van der Waals surface area (Å²) in [6, 6.07) is 9.88. The molecule has 2 fully saturated rings. The minimum Gasteiger partial charge on any atom is -0.352 e. The fourth-order valence-corrected chi connectivity index (χ4v) is 6.59. The molecule has 1 unspecified atom stereocenters. The number of piperidine rings is 1. The van der Waals surface area contributed by atoms with Crippen LogP contribution in [0.2, 0.25) is 0 Å². The van der Waals surface area contributed by atoms with E-state index in [1.807, 2.05) is 11.3 Å². The highest BCUT2D eigenvalue weighted by molar-refractivity contribution is 7.11. The number of nitrogens with one attached hydrogen (secondary N) is 1. The summed E-state index contributed by atoms with van der Waals surface area (Å²) in [6.45, 7) is 8.84. The predicted molar refractivity (Wildman–Crippen MR) is 147 cm³/mol. The Bertz CT molecular complexity index is 1050. The van der Waals surface area contributed by atoms with Crippen LogP contribution in [-0.4, -0.2) is 58.9 Å². The Morgan fingerprint density at radius 2 is 1.81 bits per heavy atom. The van der Waals surface area contributed by atoms with Gasteiger partial charge in [0.15, 0.2) is 0 Å². The maximum Gasteiger partial charge on any atom is 0.254 e. The van der Waals surface area contributed by atoms with Crippen molar-refractivity contribution in [1.29, 1.82) is 0 Å². The van der Waals surface area contributed by atoms with Gasteiger partial charge in [0.05, 0.1) is 0 Å². The molecule has 8 heteroatoms. The van der Waals surface area contributed by atoms with Crippen molar-refractivity contribution in [3.63, 3.8) is 0 Å². The van der Waals surface area contributed by atoms with Crippen LogP contribution in [0.3, 0.4) is 0 Å². The minimum absolute atomic E-state index is 0.0860. The molecule has 37 heavy (non-hydrogen) atoms. The van der Waals surface area contributed by atoms with E-state index in [2.05, 4.69) is 43.1 Å². The van der Waals surface area contributed by atoms with Crippen molar-refractivity contribution in [3.8, 4) is 0 Å². The number of benzene rings is 1. The average Bonchev–Trinajstić information content (AvgIpc) is 3.29. The highest BCUT2D eigenvalue weighted by atomic mass is 32.1. The van der Waals surface area contributed by atoms with Gasteiger partial charge in [-0.2, -0.15) is 0 Å². The normalized spacial score (nSPS) is 24.5. The number of nitrogens with two attached hydrogens (primary N) is 1. The molecule has 2 atom stereocenters. The van der Waals surface area contributed by atoms with Gasteiger partial charge in [-0.1, -0.05) is 13.8 Å². The second kappa shape index (κ2) is 12.5. The Morgan fingerprint density at radius 1 is 1.11 bits per heavy atom. The first-order chi connectivity index (χ1) is 17.7.